The van der Waals surface area contributed by atoms with Crippen LogP contribution < -0.4 is 0 Å². The van der Waals surface area contributed by atoms with Crippen LogP contribution in [0.2, 0.25) is 0 Å². The first-order valence-corrected chi connectivity index (χ1v) is 7.78. The Kier molecular flexibility index (Phi) is 3.63. The molecule has 0 nitrogen and oxygen atoms in total. The molecular weight excluding hydrogens is 347 g/mol. The van der Waals surface area contributed by atoms with E-state index in [2.05, 4.69) is 46.4 Å². The van der Waals surface area contributed by atoms with Crippen LogP contribution in [-0.2, 0) is 5.88 Å². The van der Waals surface area contributed by atoms with E-state index < -0.39 is 0 Å². The molecule has 0 amide bonds. The lowest BCUT2D eigenvalue weighted by Crippen LogP contribution is -1.79. The standard InChI is InChI=1S/C10H8ClIS2/c1-13-10-8(12)3-2-7-6(4-11)5-14-9(7)10/h2-3,5H,4H2,1H3. The number of alkyl halides is 1. The smallest absolute Gasteiger partial charge is 0.0492 e. The highest BCUT2D eigenvalue weighted by Crippen LogP contribution is 2.37. The monoisotopic (exact) mass is 354 g/mol. The molecule has 74 valence electrons. The fourth-order valence-electron chi connectivity index (χ4n) is 1.40. The van der Waals surface area contributed by atoms with Gasteiger partial charge in [-0.3, -0.25) is 0 Å². The summed E-state index contributed by atoms with van der Waals surface area (Å²) < 4.78 is 2.70. The molecule has 0 spiro atoms. The Morgan fingerprint density at radius 1 is 1.50 bits per heavy atom. The van der Waals surface area contributed by atoms with Gasteiger partial charge in [0.2, 0.25) is 0 Å². The molecule has 2 aromatic rings. The Labute approximate surface area is 110 Å². The van der Waals surface area contributed by atoms with Crippen LogP contribution in [0, 0.1) is 3.57 Å². The Morgan fingerprint density at radius 2 is 2.29 bits per heavy atom. The summed E-state index contributed by atoms with van der Waals surface area (Å²) in [7, 11) is 0. The molecule has 14 heavy (non-hydrogen) atoms. The molecule has 0 saturated carbocycles. The van der Waals surface area contributed by atoms with Crippen molar-refractivity contribution >= 4 is 67.4 Å². The van der Waals surface area contributed by atoms with Gasteiger partial charge >= 0.3 is 0 Å². The second-order valence-corrected chi connectivity index (χ2v) is 5.98. The Morgan fingerprint density at radius 3 is 2.93 bits per heavy atom. The third kappa shape index (κ3) is 1.79. The number of halogens is 2. The van der Waals surface area contributed by atoms with Crippen molar-refractivity contribution in [3.63, 3.8) is 0 Å². The molecule has 0 aliphatic rings. The zero-order chi connectivity index (χ0) is 10.1. The number of hydrogen-bond donors (Lipinski definition) is 0. The van der Waals surface area contributed by atoms with E-state index in [9.17, 15) is 0 Å². The Balaban J connectivity index is 2.76. The average molecular weight is 355 g/mol. The van der Waals surface area contributed by atoms with Crippen LogP contribution in [0.25, 0.3) is 10.1 Å². The summed E-state index contributed by atoms with van der Waals surface area (Å²) in [6, 6.07) is 4.34. The first-order chi connectivity index (χ1) is 6.77. The van der Waals surface area contributed by atoms with E-state index in [4.69, 9.17) is 11.6 Å². The molecule has 0 atom stereocenters. The summed E-state index contributed by atoms with van der Waals surface area (Å²) in [5.74, 6) is 0.606. The van der Waals surface area contributed by atoms with Crippen LogP contribution in [-0.4, -0.2) is 6.26 Å². The molecule has 0 fully saturated rings. The van der Waals surface area contributed by atoms with Crippen LogP contribution in [0.4, 0.5) is 0 Å². The topological polar surface area (TPSA) is 0 Å². The van der Waals surface area contributed by atoms with Gasteiger partial charge in [-0.1, -0.05) is 6.07 Å². The molecule has 0 unspecified atom stereocenters. The lowest BCUT2D eigenvalue weighted by Gasteiger charge is -2.02. The zero-order valence-corrected chi connectivity index (χ0v) is 12.1. The molecule has 0 bridgehead atoms. The fraction of sp³-hybridized carbons (Fsp3) is 0.200. The highest BCUT2D eigenvalue weighted by molar-refractivity contribution is 14.1. The Hall–Kier alpha value is 0.550. The summed E-state index contributed by atoms with van der Waals surface area (Å²) in [6.07, 6.45) is 2.12. The molecule has 4 heteroatoms. The minimum absolute atomic E-state index is 0.606. The predicted molar refractivity (Wildman–Crippen MR) is 75.9 cm³/mol. The van der Waals surface area contributed by atoms with Crippen molar-refractivity contribution in [3.05, 3.63) is 26.6 Å². The largest absolute Gasteiger partial charge is 0.142 e. The second-order valence-electron chi connectivity index (χ2n) is 2.85. The third-order valence-electron chi connectivity index (χ3n) is 2.08. The minimum atomic E-state index is 0.606. The number of thioether (sulfide) groups is 1. The van der Waals surface area contributed by atoms with E-state index >= 15 is 0 Å². The van der Waals surface area contributed by atoms with Crippen LogP contribution in [0.3, 0.4) is 0 Å². The molecule has 2 rings (SSSR count). The van der Waals surface area contributed by atoms with Gasteiger partial charge in [-0.05, 0) is 51.2 Å². The molecule has 0 radical (unpaired) electrons. The number of thiophene rings is 1. The van der Waals surface area contributed by atoms with E-state index in [1.807, 2.05) is 11.8 Å². The van der Waals surface area contributed by atoms with Gasteiger partial charge in [0.15, 0.2) is 0 Å². The van der Waals surface area contributed by atoms with Crippen molar-refractivity contribution < 1.29 is 0 Å². The zero-order valence-electron chi connectivity index (χ0n) is 7.51. The number of benzene rings is 1. The fourth-order valence-corrected chi connectivity index (χ4v) is 4.97. The first kappa shape index (κ1) is 11.0. The molecule has 0 N–H and O–H groups in total. The van der Waals surface area contributed by atoms with E-state index in [-0.39, 0.29) is 0 Å². The minimum Gasteiger partial charge on any atom is -0.142 e. The van der Waals surface area contributed by atoms with Crippen molar-refractivity contribution in [2.45, 2.75) is 10.8 Å². The van der Waals surface area contributed by atoms with Gasteiger partial charge in [-0.2, -0.15) is 0 Å². The molecule has 0 aliphatic carbocycles. The molecule has 1 aromatic carbocycles. The summed E-state index contributed by atoms with van der Waals surface area (Å²) in [5.41, 5.74) is 1.25. The van der Waals surface area contributed by atoms with Gasteiger partial charge < -0.3 is 0 Å². The maximum Gasteiger partial charge on any atom is 0.0492 e. The summed E-state index contributed by atoms with van der Waals surface area (Å²) in [4.78, 5) is 1.38. The second kappa shape index (κ2) is 4.60. The van der Waals surface area contributed by atoms with Crippen LogP contribution in [0.1, 0.15) is 5.56 Å². The van der Waals surface area contributed by atoms with Crippen LogP contribution >= 0.6 is 57.3 Å². The van der Waals surface area contributed by atoms with Crippen molar-refractivity contribution in [1.29, 1.82) is 0 Å². The van der Waals surface area contributed by atoms with Gasteiger partial charge in [0.05, 0.1) is 0 Å². The van der Waals surface area contributed by atoms with Crippen LogP contribution in [0.5, 0.6) is 0 Å². The summed E-state index contributed by atoms with van der Waals surface area (Å²) in [5, 5.41) is 3.47. The van der Waals surface area contributed by atoms with Crippen molar-refractivity contribution in [1.82, 2.24) is 0 Å². The van der Waals surface area contributed by atoms with E-state index in [0.717, 1.165) is 0 Å². The third-order valence-corrected chi connectivity index (χ3v) is 5.65. The summed E-state index contributed by atoms with van der Waals surface area (Å²) in [6.45, 7) is 0. The number of hydrogen-bond acceptors (Lipinski definition) is 2. The van der Waals surface area contributed by atoms with Crippen LogP contribution in [0.15, 0.2) is 22.4 Å². The first-order valence-electron chi connectivity index (χ1n) is 4.06. The van der Waals surface area contributed by atoms with E-state index in [1.54, 1.807) is 11.3 Å². The van der Waals surface area contributed by atoms with E-state index in [1.165, 1.54) is 24.1 Å². The number of rotatable bonds is 2. The SMILES string of the molecule is CSc1c(I)ccc2c(CCl)csc12. The molecular formula is C10H8ClIS2. The quantitative estimate of drug-likeness (QED) is 0.417. The van der Waals surface area contributed by atoms with Gasteiger partial charge in [0, 0.05) is 19.0 Å². The van der Waals surface area contributed by atoms with Crippen molar-refractivity contribution in [2.75, 3.05) is 6.26 Å². The van der Waals surface area contributed by atoms with Gasteiger partial charge in [0.1, 0.15) is 0 Å². The molecule has 1 heterocycles. The lowest BCUT2D eigenvalue weighted by molar-refractivity contribution is 1.46. The highest BCUT2D eigenvalue weighted by Gasteiger charge is 2.09. The predicted octanol–water partition coefficient (Wildman–Crippen LogP) is 4.97. The van der Waals surface area contributed by atoms with Gasteiger partial charge in [-0.25, -0.2) is 0 Å². The van der Waals surface area contributed by atoms with E-state index in [0.29, 0.717) is 5.88 Å². The molecule has 0 aliphatic heterocycles. The highest BCUT2D eigenvalue weighted by atomic mass is 127. The normalized spacial score (nSPS) is 11.1. The van der Waals surface area contributed by atoms with Gasteiger partial charge in [-0.15, -0.1) is 34.7 Å². The average Bonchev–Trinajstić information content (AvgIpc) is 2.60. The Bertz CT molecular complexity index is 464. The van der Waals surface area contributed by atoms with Gasteiger partial charge in [0.25, 0.3) is 0 Å². The number of fused-ring (bicyclic) bond motifs is 1. The maximum atomic E-state index is 5.88. The van der Waals surface area contributed by atoms with Crippen molar-refractivity contribution in [2.24, 2.45) is 0 Å². The van der Waals surface area contributed by atoms with Crippen molar-refractivity contribution in [3.8, 4) is 0 Å². The lowest BCUT2D eigenvalue weighted by atomic mass is 10.2. The molecule has 1 aromatic heterocycles. The maximum absolute atomic E-state index is 5.88. The molecule has 0 saturated heterocycles. The summed E-state index contributed by atoms with van der Waals surface area (Å²) >= 11 is 11.9.